The fraction of sp³-hybridized carbons (Fsp3) is 0.263. The molecule has 0 amide bonds. The third-order valence-electron chi connectivity index (χ3n) is 4.46. The molecule has 1 aliphatic rings. The molecule has 5 rings (SSSR count). The molecule has 0 saturated carbocycles. The molecule has 28 heavy (non-hydrogen) atoms. The number of nitrogens with zero attached hydrogens (tertiary/aromatic N) is 5. The van der Waals surface area contributed by atoms with Gasteiger partial charge in [0.15, 0.2) is 4.34 Å². The van der Waals surface area contributed by atoms with Crippen molar-refractivity contribution in [1.29, 1.82) is 0 Å². The Morgan fingerprint density at radius 3 is 2.71 bits per heavy atom. The molecule has 0 radical (unpaired) electrons. The number of anilines is 1. The molecule has 1 aromatic carbocycles. The van der Waals surface area contributed by atoms with Gasteiger partial charge in [0.2, 0.25) is 5.13 Å². The molecule has 0 aliphatic carbocycles. The van der Waals surface area contributed by atoms with E-state index in [2.05, 4.69) is 49.7 Å². The van der Waals surface area contributed by atoms with Crippen molar-refractivity contribution in [2.75, 3.05) is 31.2 Å². The van der Waals surface area contributed by atoms with Crippen molar-refractivity contribution >= 4 is 49.8 Å². The highest BCUT2D eigenvalue weighted by Gasteiger charge is 2.19. The Morgan fingerprint density at radius 1 is 1.07 bits per heavy atom. The predicted octanol–water partition coefficient (Wildman–Crippen LogP) is 4.51. The first-order valence-electron chi connectivity index (χ1n) is 8.93. The van der Waals surface area contributed by atoms with Gasteiger partial charge >= 0.3 is 0 Å². The molecule has 4 aromatic rings. The van der Waals surface area contributed by atoms with Gasteiger partial charge in [-0.05, 0) is 24.2 Å². The van der Waals surface area contributed by atoms with Crippen LogP contribution in [0.1, 0.15) is 5.82 Å². The van der Waals surface area contributed by atoms with Gasteiger partial charge in [-0.3, -0.25) is 0 Å². The van der Waals surface area contributed by atoms with E-state index in [1.807, 2.05) is 13.0 Å². The first-order chi connectivity index (χ1) is 13.8. The summed E-state index contributed by atoms with van der Waals surface area (Å²) in [6, 6.07) is 10.4. The molecule has 0 bridgehead atoms. The first-order valence-corrected chi connectivity index (χ1v) is 11.4. The lowest BCUT2D eigenvalue weighted by Crippen LogP contribution is -2.36. The minimum Gasteiger partial charge on any atom is -0.378 e. The molecule has 0 spiro atoms. The van der Waals surface area contributed by atoms with E-state index in [-0.39, 0.29) is 0 Å². The highest BCUT2D eigenvalue weighted by molar-refractivity contribution is 8.01. The smallest absolute Gasteiger partial charge is 0.209 e. The average molecular weight is 428 g/mol. The number of fused-ring (bicyclic) bond motifs is 1. The second kappa shape index (κ2) is 7.75. The van der Waals surface area contributed by atoms with Gasteiger partial charge in [-0.2, -0.15) is 0 Å². The third kappa shape index (κ3) is 3.50. The van der Waals surface area contributed by atoms with E-state index in [1.165, 1.54) is 11.1 Å². The lowest BCUT2D eigenvalue weighted by molar-refractivity contribution is 0.122. The van der Waals surface area contributed by atoms with Crippen LogP contribution in [0.15, 0.2) is 45.1 Å². The maximum atomic E-state index is 5.43. The molecule has 0 N–H and O–H groups in total. The number of hydrogen-bond acceptors (Lipinski definition) is 9. The molecular weight excluding hydrogens is 410 g/mol. The molecule has 6 nitrogen and oxygen atoms in total. The fourth-order valence-corrected chi connectivity index (χ4v) is 6.17. The summed E-state index contributed by atoms with van der Waals surface area (Å²) in [6.07, 6.45) is 0. The minimum absolute atomic E-state index is 0.739. The Bertz CT molecular complexity index is 1110. The summed E-state index contributed by atoms with van der Waals surface area (Å²) < 4.78 is 6.32. The topological polar surface area (TPSA) is 64.0 Å². The van der Waals surface area contributed by atoms with Gasteiger partial charge in [0.1, 0.15) is 15.7 Å². The lowest BCUT2D eigenvalue weighted by Gasteiger charge is -2.25. The van der Waals surface area contributed by atoms with Gasteiger partial charge in [-0.15, -0.1) is 21.5 Å². The highest BCUT2D eigenvalue weighted by atomic mass is 32.2. The zero-order valence-corrected chi connectivity index (χ0v) is 17.6. The quantitative estimate of drug-likeness (QED) is 0.444. The number of morpholine rings is 1. The van der Waals surface area contributed by atoms with Crippen LogP contribution in [0.5, 0.6) is 0 Å². The average Bonchev–Trinajstić information content (AvgIpc) is 3.36. The summed E-state index contributed by atoms with van der Waals surface area (Å²) in [5.74, 6) is 0.773. The Morgan fingerprint density at radius 2 is 1.89 bits per heavy atom. The van der Waals surface area contributed by atoms with Crippen molar-refractivity contribution in [3.8, 4) is 11.1 Å². The minimum atomic E-state index is 0.739. The van der Waals surface area contributed by atoms with Crippen LogP contribution in [0, 0.1) is 6.92 Å². The molecule has 4 heterocycles. The van der Waals surface area contributed by atoms with Gasteiger partial charge < -0.3 is 9.64 Å². The molecule has 0 atom stereocenters. The summed E-state index contributed by atoms with van der Waals surface area (Å²) in [7, 11) is 0. The Labute approximate surface area is 174 Å². The largest absolute Gasteiger partial charge is 0.378 e. The van der Waals surface area contributed by atoms with Gasteiger partial charge in [0.05, 0.1) is 18.6 Å². The normalized spacial score (nSPS) is 14.7. The molecular formula is C19H17N5OS3. The fourth-order valence-electron chi connectivity index (χ4n) is 3.12. The maximum Gasteiger partial charge on any atom is 0.209 e. The number of benzene rings is 1. The summed E-state index contributed by atoms with van der Waals surface area (Å²) in [5.41, 5.74) is 2.34. The number of hydrogen-bond donors (Lipinski definition) is 0. The molecule has 0 unspecified atom stereocenters. The molecule has 1 fully saturated rings. The standard InChI is InChI=1S/C19H17N5OS3/c1-12-20-16-15(14(11-26-16)13-5-3-2-4-6-13)17(21-12)27-19-23-22-18(28-19)24-7-9-25-10-8-24/h2-6,11H,7-10H2,1H3. The van der Waals surface area contributed by atoms with E-state index in [0.29, 0.717) is 0 Å². The number of thiophene rings is 1. The Balaban J connectivity index is 1.52. The summed E-state index contributed by atoms with van der Waals surface area (Å²) in [6.45, 7) is 5.13. The van der Waals surface area contributed by atoms with E-state index in [1.54, 1.807) is 34.4 Å². The SMILES string of the molecule is Cc1nc(Sc2nnc(N3CCOCC3)s2)c2c(-c3ccccc3)csc2n1. The third-order valence-corrected chi connectivity index (χ3v) is 7.35. The number of ether oxygens (including phenoxy) is 1. The predicted molar refractivity (Wildman–Crippen MR) is 115 cm³/mol. The zero-order chi connectivity index (χ0) is 18.9. The van der Waals surface area contributed by atoms with Crippen LogP contribution in [0.2, 0.25) is 0 Å². The van der Waals surface area contributed by atoms with Crippen LogP contribution in [0.4, 0.5) is 5.13 Å². The van der Waals surface area contributed by atoms with E-state index < -0.39 is 0 Å². The molecule has 1 saturated heterocycles. The van der Waals surface area contributed by atoms with Crippen LogP contribution >= 0.6 is 34.4 Å². The maximum absolute atomic E-state index is 5.43. The van der Waals surface area contributed by atoms with Gasteiger partial charge in [-0.1, -0.05) is 41.7 Å². The highest BCUT2D eigenvalue weighted by Crippen LogP contribution is 2.41. The van der Waals surface area contributed by atoms with Crippen LogP contribution in [-0.2, 0) is 4.74 Å². The summed E-state index contributed by atoms with van der Waals surface area (Å²) >= 11 is 4.84. The van der Waals surface area contributed by atoms with Crippen molar-refractivity contribution in [2.45, 2.75) is 16.3 Å². The van der Waals surface area contributed by atoms with Crippen LogP contribution in [-0.4, -0.2) is 46.5 Å². The monoisotopic (exact) mass is 427 g/mol. The van der Waals surface area contributed by atoms with E-state index in [4.69, 9.17) is 9.72 Å². The second-order valence-electron chi connectivity index (χ2n) is 6.32. The Kier molecular flexibility index (Phi) is 4.98. The zero-order valence-electron chi connectivity index (χ0n) is 15.2. The number of aryl methyl sites for hydroxylation is 1. The van der Waals surface area contributed by atoms with Crippen LogP contribution in [0.3, 0.4) is 0 Å². The van der Waals surface area contributed by atoms with Crippen LogP contribution < -0.4 is 4.90 Å². The van der Waals surface area contributed by atoms with Gasteiger partial charge in [0, 0.05) is 24.0 Å². The van der Waals surface area contributed by atoms with E-state index in [0.717, 1.165) is 56.8 Å². The lowest BCUT2D eigenvalue weighted by atomic mass is 10.1. The first kappa shape index (κ1) is 18.0. The van der Waals surface area contributed by atoms with Crippen molar-refractivity contribution in [3.05, 3.63) is 41.5 Å². The molecule has 9 heteroatoms. The second-order valence-corrected chi connectivity index (χ2v) is 9.37. The molecule has 1 aliphatic heterocycles. The Hall–Kier alpha value is -2.07. The number of aromatic nitrogens is 4. The molecule has 3 aromatic heterocycles. The number of rotatable bonds is 4. The van der Waals surface area contributed by atoms with Gasteiger partial charge in [0.25, 0.3) is 0 Å². The molecule has 142 valence electrons. The van der Waals surface area contributed by atoms with E-state index >= 15 is 0 Å². The van der Waals surface area contributed by atoms with Crippen molar-refractivity contribution in [3.63, 3.8) is 0 Å². The van der Waals surface area contributed by atoms with Gasteiger partial charge in [-0.25, -0.2) is 9.97 Å². The summed E-state index contributed by atoms with van der Waals surface area (Å²) in [5, 5.41) is 13.9. The van der Waals surface area contributed by atoms with Crippen molar-refractivity contribution < 1.29 is 4.74 Å². The van der Waals surface area contributed by atoms with Crippen molar-refractivity contribution in [1.82, 2.24) is 20.2 Å². The van der Waals surface area contributed by atoms with E-state index in [9.17, 15) is 0 Å². The van der Waals surface area contributed by atoms with Crippen LogP contribution in [0.25, 0.3) is 21.3 Å². The van der Waals surface area contributed by atoms with Crippen molar-refractivity contribution in [2.24, 2.45) is 0 Å². The summed E-state index contributed by atoms with van der Waals surface area (Å²) in [4.78, 5) is 12.6.